The van der Waals surface area contributed by atoms with E-state index in [1.165, 1.54) is 7.11 Å². The Morgan fingerprint density at radius 3 is 2.20 bits per heavy atom. The maximum atomic E-state index is 11.5. The Labute approximate surface area is 168 Å². The van der Waals surface area contributed by atoms with Gasteiger partial charge in [0, 0.05) is 44.7 Å². The smallest absolute Gasteiger partial charge is 0.409 e. The molecule has 146 valence electrons. The van der Waals surface area contributed by atoms with Crippen molar-refractivity contribution in [2.45, 2.75) is 57.7 Å². The number of hydrogen-bond acceptors (Lipinski definition) is 4. The first-order valence-electron chi connectivity index (χ1n) is 8.65. The second-order valence-electron chi connectivity index (χ2n) is 7.51. The molecule has 0 aromatic rings. The van der Waals surface area contributed by atoms with Crippen molar-refractivity contribution in [3.05, 3.63) is 0 Å². The van der Waals surface area contributed by atoms with Gasteiger partial charge in [0.05, 0.1) is 12.7 Å². The van der Waals surface area contributed by atoms with Crippen LogP contribution in [-0.2, 0) is 9.47 Å². The minimum absolute atomic E-state index is 0. The largest absolute Gasteiger partial charge is 0.453 e. The predicted molar refractivity (Wildman–Crippen MR) is 110 cm³/mol. The maximum Gasteiger partial charge on any atom is 0.409 e. The van der Waals surface area contributed by atoms with Gasteiger partial charge in [-0.2, -0.15) is 0 Å². The molecule has 2 atom stereocenters. The summed E-state index contributed by atoms with van der Waals surface area (Å²) in [5, 5.41) is 7.01. The van der Waals surface area contributed by atoms with Crippen molar-refractivity contribution in [3.63, 3.8) is 0 Å². The molecule has 2 unspecified atom stereocenters. The van der Waals surface area contributed by atoms with Crippen molar-refractivity contribution in [2.75, 3.05) is 34.4 Å². The summed E-state index contributed by atoms with van der Waals surface area (Å²) in [7, 11) is 4.99. The first kappa shape index (κ1) is 22.3. The highest BCUT2D eigenvalue weighted by Gasteiger charge is 2.58. The Morgan fingerprint density at radius 1 is 1.16 bits per heavy atom. The Kier molecular flexibility index (Phi) is 7.79. The molecule has 8 heteroatoms. The van der Waals surface area contributed by atoms with Gasteiger partial charge in [-0.15, -0.1) is 24.0 Å². The number of guanidine groups is 1. The van der Waals surface area contributed by atoms with Crippen LogP contribution in [0.25, 0.3) is 0 Å². The number of hydrogen-bond donors (Lipinski definition) is 2. The van der Waals surface area contributed by atoms with E-state index >= 15 is 0 Å². The van der Waals surface area contributed by atoms with Gasteiger partial charge in [-0.3, -0.25) is 4.99 Å². The number of ether oxygens (including phenoxy) is 2. The molecule has 2 rings (SSSR count). The SMILES string of the molecule is CN=C(NC1CCN(C(=O)OC)CC1)NC1CC(C)(OC)C1(C)C.I. The number of amides is 1. The topological polar surface area (TPSA) is 75.2 Å². The van der Waals surface area contributed by atoms with Crippen LogP contribution in [0.5, 0.6) is 0 Å². The third-order valence-electron chi connectivity index (χ3n) is 6.08. The lowest BCUT2D eigenvalue weighted by atomic mass is 9.56. The molecule has 2 aliphatic rings. The van der Waals surface area contributed by atoms with Crippen LogP contribution >= 0.6 is 24.0 Å². The van der Waals surface area contributed by atoms with Gasteiger partial charge in [0.2, 0.25) is 0 Å². The fraction of sp³-hybridized carbons (Fsp3) is 0.882. The number of nitrogens with one attached hydrogen (secondary N) is 2. The van der Waals surface area contributed by atoms with Gasteiger partial charge >= 0.3 is 6.09 Å². The van der Waals surface area contributed by atoms with Crippen molar-refractivity contribution in [1.82, 2.24) is 15.5 Å². The summed E-state index contributed by atoms with van der Waals surface area (Å²) in [6, 6.07) is 0.637. The number of rotatable bonds is 3. The molecular formula is C17H33IN4O3. The van der Waals surface area contributed by atoms with Gasteiger partial charge in [-0.05, 0) is 26.2 Å². The van der Waals surface area contributed by atoms with E-state index in [0.717, 1.165) is 25.2 Å². The van der Waals surface area contributed by atoms with Crippen LogP contribution in [-0.4, -0.2) is 69.0 Å². The number of carbonyl (C=O) groups excluding carboxylic acids is 1. The van der Waals surface area contributed by atoms with E-state index in [9.17, 15) is 4.79 Å². The number of aliphatic imine (C=N–C) groups is 1. The van der Waals surface area contributed by atoms with Crippen LogP contribution in [0, 0.1) is 5.41 Å². The first-order chi connectivity index (χ1) is 11.3. The fourth-order valence-corrected chi connectivity index (χ4v) is 3.59. The number of likely N-dealkylation sites (tertiary alicyclic amines) is 1. The number of nitrogens with zero attached hydrogens (tertiary/aromatic N) is 2. The van der Waals surface area contributed by atoms with Gasteiger partial charge in [-0.25, -0.2) is 4.79 Å². The Morgan fingerprint density at radius 2 is 1.76 bits per heavy atom. The molecule has 0 aromatic carbocycles. The molecule has 7 nitrogen and oxygen atoms in total. The number of methoxy groups -OCH3 is 2. The molecule has 0 aromatic heterocycles. The predicted octanol–water partition coefficient (Wildman–Crippen LogP) is 2.20. The summed E-state index contributed by atoms with van der Waals surface area (Å²) in [6.07, 6.45) is 2.49. The summed E-state index contributed by atoms with van der Waals surface area (Å²) in [5.41, 5.74) is -0.0665. The molecule has 0 bridgehead atoms. The van der Waals surface area contributed by atoms with Crippen molar-refractivity contribution in [1.29, 1.82) is 0 Å². The van der Waals surface area contributed by atoms with Gasteiger partial charge in [-0.1, -0.05) is 13.8 Å². The summed E-state index contributed by atoms with van der Waals surface area (Å²) in [6.45, 7) is 8.01. The second-order valence-corrected chi connectivity index (χ2v) is 7.51. The van der Waals surface area contributed by atoms with E-state index in [4.69, 9.17) is 9.47 Å². The average Bonchev–Trinajstić information content (AvgIpc) is 2.59. The summed E-state index contributed by atoms with van der Waals surface area (Å²) >= 11 is 0. The van der Waals surface area contributed by atoms with Crippen molar-refractivity contribution in [2.24, 2.45) is 10.4 Å². The van der Waals surface area contributed by atoms with Crippen LogP contribution in [0.15, 0.2) is 4.99 Å². The van der Waals surface area contributed by atoms with Gasteiger partial charge in [0.15, 0.2) is 5.96 Å². The van der Waals surface area contributed by atoms with Crippen LogP contribution < -0.4 is 10.6 Å². The zero-order valence-corrected chi connectivity index (χ0v) is 18.5. The van der Waals surface area contributed by atoms with Crippen molar-refractivity contribution >= 4 is 36.0 Å². The molecule has 1 amide bonds. The van der Waals surface area contributed by atoms with E-state index in [1.54, 1.807) is 19.1 Å². The van der Waals surface area contributed by atoms with Gasteiger partial charge in [0.1, 0.15) is 0 Å². The third-order valence-corrected chi connectivity index (χ3v) is 6.08. The van der Waals surface area contributed by atoms with E-state index < -0.39 is 0 Å². The van der Waals surface area contributed by atoms with Crippen LogP contribution in [0.4, 0.5) is 4.79 Å². The van der Waals surface area contributed by atoms with E-state index in [1.807, 2.05) is 0 Å². The lowest BCUT2D eigenvalue weighted by Gasteiger charge is -2.59. The molecule has 1 saturated carbocycles. The standard InChI is InChI=1S/C17H32N4O3.HI/c1-16(2)13(11-17(16,3)24-6)20-14(18-4)19-12-7-9-21(10-8-12)15(22)23-5;/h12-13H,7-11H2,1-6H3,(H2,18,19,20);1H. The molecule has 2 N–H and O–H groups in total. The normalized spacial score (nSPS) is 29.3. The zero-order valence-electron chi connectivity index (χ0n) is 16.2. The molecule has 0 spiro atoms. The summed E-state index contributed by atoms with van der Waals surface area (Å²) in [5.74, 6) is 0.822. The van der Waals surface area contributed by atoms with E-state index in [0.29, 0.717) is 25.2 Å². The second kappa shape index (κ2) is 8.75. The van der Waals surface area contributed by atoms with Crippen molar-refractivity contribution < 1.29 is 14.3 Å². The third kappa shape index (κ3) is 4.50. The van der Waals surface area contributed by atoms with Crippen LogP contribution in [0.3, 0.4) is 0 Å². The highest BCUT2D eigenvalue weighted by Crippen LogP contribution is 2.51. The number of piperidine rings is 1. The average molecular weight is 468 g/mol. The Balaban J connectivity index is 0.00000312. The molecule has 1 saturated heterocycles. The number of halogens is 1. The Hall–Kier alpha value is -0.770. The Bertz CT molecular complexity index is 492. The fourth-order valence-electron chi connectivity index (χ4n) is 3.59. The minimum Gasteiger partial charge on any atom is -0.453 e. The van der Waals surface area contributed by atoms with Gasteiger partial charge < -0.3 is 25.0 Å². The van der Waals surface area contributed by atoms with Crippen LogP contribution in [0.1, 0.15) is 40.0 Å². The molecule has 1 aliphatic heterocycles. The lowest BCUT2D eigenvalue weighted by molar-refractivity contribution is -0.176. The molecular weight excluding hydrogens is 435 g/mol. The number of carbonyl (C=O) groups is 1. The molecule has 25 heavy (non-hydrogen) atoms. The molecule has 1 heterocycles. The molecule has 1 aliphatic carbocycles. The molecule has 2 fully saturated rings. The summed E-state index contributed by atoms with van der Waals surface area (Å²) < 4.78 is 10.5. The monoisotopic (exact) mass is 468 g/mol. The zero-order chi connectivity index (χ0) is 18.0. The minimum atomic E-state index is -0.244. The van der Waals surface area contributed by atoms with Gasteiger partial charge in [0.25, 0.3) is 0 Å². The quantitative estimate of drug-likeness (QED) is 0.378. The van der Waals surface area contributed by atoms with Crippen molar-refractivity contribution in [3.8, 4) is 0 Å². The lowest BCUT2D eigenvalue weighted by Crippen LogP contribution is -2.69. The first-order valence-corrected chi connectivity index (χ1v) is 8.65. The highest BCUT2D eigenvalue weighted by atomic mass is 127. The molecule has 0 radical (unpaired) electrons. The van der Waals surface area contributed by atoms with E-state index in [2.05, 4.69) is 36.4 Å². The highest BCUT2D eigenvalue weighted by molar-refractivity contribution is 14.0. The van der Waals surface area contributed by atoms with Crippen LogP contribution in [0.2, 0.25) is 0 Å². The van der Waals surface area contributed by atoms with E-state index in [-0.39, 0.29) is 41.1 Å². The maximum absolute atomic E-state index is 11.5. The summed E-state index contributed by atoms with van der Waals surface area (Å²) in [4.78, 5) is 17.6.